The fourth-order valence-corrected chi connectivity index (χ4v) is 8.79. The van der Waals surface area contributed by atoms with Crippen LogP contribution in [0, 0.1) is 5.41 Å². The quantitative estimate of drug-likeness (QED) is 0.197. The molecular weight excluding hydrogens is 555 g/mol. The second-order valence-electron chi connectivity index (χ2n) is 11.8. The number of rotatable bonds is 7. The monoisotopic (exact) mass is 591 g/mol. The number of anilines is 1. The van der Waals surface area contributed by atoms with Crippen LogP contribution in [-0.4, -0.2) is 48.6 Å². The summed E-state index contributed by atoms with van der Waals surface area (Å²) in [6.45, 7) is 9.95. The Morgan fingerprint density at radius 3 is 2.42 bits per heavy atom. The van der Waals surface area contributed by atoms with Gasteiger partial charge in [-0.1, -0.05) is 55.1 Å². The first-order chi connectivity index (χ1) is 19.3. The Balaban J connectivity index is 1.30. The molecule has 9 heteroatoms. The molecular formula is C31H37N5OS3. The summed E-state index contributed by atoms with van der Waals surface area (Å²) >= 11 is 2.42. The number of hydrogen-bond donors (Lipinski definition) is 1. The zero-order valence-electron chi connectivity index (χ0n) is 23.6. The van der Waals surface area contributed by atoms with Gasteiger partial charge in [0.1, 0.15) is 4.75 Å². The van der Waals surface area contributed by atoms with Crippen LogP contribution in [0.3, 0.4) is 0 Å². The van der Waals surface area contributed by atoms with Crippen molar-refractivity contribution >= 4 is 46.5 Å². The highest BCUT2D eigenvalue weighted by Gasteiger charge is 2.50. The van der Waals surface area contributed by atoms with Gasteiger partial charge in [-0.3, -0.25) is 4.40 Å². The van der Waals surface area contributed by atoms with Crippen LogP contribution in [0.5, 0.6) is 0 Å². The van der Waals surface area contributed by atoms with Gasteiger partial charge in [-0.25, -0.2) is 9.97 Å². The second-order valence-corrected chi connectivity index (χ2v) is 16.1. The summed E-state index contributed by atoms with van der Waals surface area (Å²) in [5.41, 5.74) is 3.83. The molecule has 2 aliphatic rings. The molecule has 1 N–H and O–H groups in total. The summed E-state index contributed by atoms with van der Waals surface area (Å²) in [5.74, 6) is 1.93. The van der Waals surface area contributed by atoms with Gasteiger partial charge in [0.05, 0.1) is 10.9 Å². The van der Waals surface area contributed by atoms with Gasteiger partial charge >= 0.3 is 0 Å². The molecule has 1 aliphatic carbocycles. The average Bonchev–Trinajstić information content (AvgIpc) is 3.57. The van der Waals surface area contributed by atoms with Crippen molar-refractivity contribution in [2.75, 3.05) is 23.7 Å². The molecule has 1 spiro atoms. The first-order valence-electron chi connectivity index (χ1n) is 14.0. The van der Waals surface area contributed by atoms with Crippen LogP contribution in [0.2, 0.25) is 0 Å². The molecule has 0 saturated carbocycles. The molecule has 0 radical (unpaired) electrons. The molecule has 40 heavy (non-hydrogen) atoms. The number of aromatic nitrogens is 3. The van der Waals surface area contributed by atoms with E-state index in [2.05, 4.69) is 69.5 Å². The number of thioether (sulfide) groups is 1. The molecule has 210 valence electrons. The Labute approximate surface area is 249 Å². The lowest BCUT2D eigenvalue weighted by molar-refractivity contribution is 0.179. The molecule has 6 nitrogen and oxygen atoms in total. The van der Waals surface area contributed by atoms with E-state index in [1.807, 2.05) is 51.1 Å². The van der Waals surface area contributed by atoms with Crippen LogP contribution >= 0.6 is 23.5 Å². The highest BCUT2D eigenvalue weighted by atomic mass is 32.2. The van der Waals surface area contributed by atoms with Gasteiger partial charge in [-0.05, 0) is 69.0 Å². The van der Waals surface area contributed by atoms with E-state index in [-0.39, 0.29) is 16.2 Å². The van der Waals surface area contributed by atoms with Crippen molar-refractivity contribution < 1.29 is 4.55 Å². The largest absolute Gasteiger partial charge is 0.598 e. The molecule has 6 rings (SSSR count). The standard InChI is InChI=1S/C31H37N5OS3/c1-5-38-24-12-8-9-13-25(24)39-26-20-33-29(36-17-15-32-28(26)36)35-16-14-31(18-22-10-6-7-11-23(22)19-31)27(21-35)34-40(37)30(2,3)4/h6-13,15,17,20,27,34H,5,14,16,18-19,21H2,1-4H3. The van der Waals surface area contributed by atoms with E-state index in [1.54, 1.807) is 11.8 Å². The number of imidazole rings is 1. The summed E-state index contributed by atoms with van der Waals surface area (Å²) in [4.78, 5) is 15.7. The van der Waals surface area contributed by atoms with Gasteiger partial charge in [-0.15, -0.1) is 16.5 Å². The van der Waals surface area contributed by atoms with E-state index >= 15 is 0 Å². The maximum absolute atomic E-state index is 13.4. The Hall–Kier alpha value is -2.17. The Morgan fingerprint density at radius 2 is 1.73 bits per heavy atom. The van der Waals surface area contributed by atoms with Gasteiger partial charge in [0.15, 0.2) is 5.65 Å². The molecule has 0 amide bonds. The summed E-state index contributed by atoms with van der Waals surface area (Å²) in [7, 11) is 0. The van der Waals surface area contributed by atoms with Crippen molar-refractivity contribution in [2.45, 2.75) is 72.4 Å². The molecule has 1 fully saturated rings. The Kier molecular flexibility index (Phi) is 7.87. The van der Waals surface area contributed by atoms with E-state index in [4.69, 9.17) is 9.97 Å². The zero-order chi connectivity index (χ0) is 27.9. The Bertz CT molecular complexity index is 1470. The highest BCUT2D eigenvalue weighted by molar-refractivity contribution is 8.02. The van der Waals surface area contributed by atoms with E-state index in [1.165, 1.54) is 20.9 Å². The van der Waals surface area contributed by atoms with Gasteiger partial charge in [0.25, 0.3) is 0 Å². The summed E-state index contributed by atoms with van der Waals surface area (Å²) in [5, 5.41) is 0. The van der Waals surface area contributed by atoms with E-state index in [9.17, 15) is 4.55 Å². The van der Waals surface area contributed by atoms with E-state index in [0.29, 0.717) is 0 Å². The highest BCUT2D eigenvalue weighted by Crippen LogP contribution is 2.46. The van der Waals surface area contributed by atoms with Crippen molar-refractivity contribution in [3.8, 4) is 0 Å². The number of piperidine rings is 1. The second kappa shape index (κ2) is 11.2. The smallest absolute Gasteiger partial charge is 0.211 e. The van der Waals surface area contributed by atoms with Crippen molar-refractivity contribution in [1.82, 2.24) is 19.1 Å². The topological polar surface area (TPSA) is 68.5 Å². The molecule has 2 atom stereocenters. The van der Waals surface area contributed by atoms with Gasteiger partial charge in [-0.2, -0.15) is 0 Å². The molecule has 2 aromatic heterocycles. The van der Waals surface area contributed by atoms with Crippen LogP contribution in [0.15, 0.2) is 81.8 Å². The fourth-order valence-electron chi connectivity index (χ4n) is 5.95. The van der Waals surface area contributed by atoms with Crippen LogP contribution in [0.1, 0.15) is 45.2 Å². The summed E-state index contributed by atoms with van der Waals surface area (Å²) in [6.07, 6.45) is 8.90. The van der Waals surface area contributed by atoms with Crippen molar-refractivity contribution in [1.29, 1.82) is 0 Å². The number of hydrogen-bond acceptors (Lipinski definition) is 7. The lowest BCUT2D eigenvalue weighted by atomic mass is 9.72. The number of nitrogens with zero attached hydrogens (tertiary/aromatic N) is 4. The number of nitrogens with one attached hydrogen (secondary N) is 1. The minimum Gasteiger partial charge on any atom is -0.598 e. The minimum atomic E-state index is -1.16. The number of fused-ring (bicyclic) bond motifs is 2. The first-order valence-corrected chi connectivity index (χ1v) is 16.9. The van der Waals surface area contributed by atoms with E-state index in [0.717, 1.165) is 54.6 Å². The normalized spacial score (nSPS) is 19.3. The third-order valence-electron chi connectivity index (χ3n) is 8.06. The Morgan fingerprint density at radius 1 is 1.02 bits per heavy atom. The molecule has 0 bridgehead atoms. The molecule has 1 saturated heterocycles. The van der Waals surface area contributed by atoms with Gasteiger partial charge < -0.3 is 9.45 Å². The third-order valence-corrected chi connectivity index (χ3v) is 11.8. The number of benzene rings is 2. The van der Waals surface area contributed by atoms with Gasteiger partial charge in [0.2, 0.25) is 5.95 Å². The van der Waals surface area contributed by atoms with Crippen molar-refractivity contribution in [3.63, 3.8) is 0 Å². The first kappa shape index (κ1) is 28.0. The minimum absolute atomic E-state index is 0.0472. The van der Waals surface area contributed by atoms with Crippen molar-refractivity contribution in [3.05, 3.63) is 78.2 Å². The maximum Gasteiger partial charge on any atom is 0.211 e. The van der Waals surface area contributed by atoms with Crippen molar-refractivity contribution in [2.24, 2.45) is 5.41 Å². The molecule has 3 heterocycles. The summed E-state index contributed by atoms with van der Waals surface area (Å²) in [6, 6.07) is 17.4. The molecule has 1 aliphatic heterocycles. The fraction of sp³-hybridized carbons (Fsp3) is 0.419. The predicted octanol–water partition coefficient (Wildman–Crippen LogP) is 6.41. The lowest BCUT2D eigenvalue weighted by Crippen LogP contribution is -2.61. The predicted molar refractivity (Wildman–Crippen MR) is 168 cm³/mol. The maximum atomic E-state index is 13.4. The average molecular weight is 592 g/mol. The molecule has 4 aromatic rings. The van der Waals surface area contributed by atoms with Gasteiger partial charge in [0, 0.05) is 58.2 Å². The summed E-state index contributed by atoms with van der Waals surface area (Å²) < 4.78 is 18.8. The lowest BCUT2D eigenvalue weighted by Gasteiger charge is -2.46. The van der Waals surface area contributed by atoms with E-state index < -0.39 is 11.4 Å². The van der Waals surface area contributed by atoms with Crippen LogP contribution < -0.4 is 9.62 Å². The molecule has 2 aromatic carbocycles. The van der Waals surface area contributed by atoms with Crippen LogP contribution in [0.4, 0.5) is 5.95 Å². The third kappa shape index (κ3) is 5.39. The van der Waals surface area contributed by atoms with Crippen LogP contribution in [-0.2, 0) is 24.2 Å². The zero-order valence-corrected chi connectivity index (χ0v) is 26.0. The SMILES string of the molecule is CCSc1ccccc1Sc1cnc(N2CCC3(Cc4ccccc4C3)C(N[S+]([O-])C(C)(C)C)C2)n2ccnc12. The van der Waals surface area contributed by atoms with Crippen LogP contribution in [0.25, 0.3) is 5.65 Å². The molecule has 2 unspecified atom stereocenters.